The van der Waals surface area contributed by atoms with Crippen LogP contribution in [0.5, 0.6) is 0 Å². The summed E-state index contributed by atoms with van der Waals surface area (Å²) in [5, 5.41) is 4.81. The molecule has 1 aliphatic rings. The first kappa shape index (κ1) is 14.0. The first-order valence-electron chi connectivity index (χ1n) is 7.48. The minimum atomic E-state index is 0.311. The standard InChI is InChI=1S/C16H22N2OS/c1-3-14-12(8-9-19-14)10-17-11(2)16-18-13-6-4-5-7-15(13)20-16/h4-7,11-12,14,17H,3,8-10H2,1-2H3. The van der Waals surface area contributed by atoms with E-state index in [9.17, 15) is 0 Å². The normalized spacial score (nSPS) is 24.3. The van der Waals surface area contributed by atoms with Crippen molar-refractivity contribution in [1.82, 2.24) is 10.3 Å². The van der Waals surface area contributed by atoms with Crippen molar-refractivity contribution in [3.63, 3.8) is 0 Å². The number of rotatable bonds is 5. The fraction of sp³-hybridized carbons (Fsp3) is 0.562. The van der Waals surface area contributed by atoms with E-state index in [0.717, 1.165) is 25.1 Å². The molecule has 3 nitrogen and oxygen atoms in total. The van der Waals surface area contributed by atoms with Crippen LogP contribution < -0.4 is 5.32 Å². The largest absolute Gasteiger partial charge is 0.378 e. The van der Waals surface area contributed by atoms with Crippen LogP contribution in [-0.2, 0) is 4.74 Å². The molecule has 0 aliphatic carbocycles. The second-order valence-electron chi connectivity index (χ2n) is 5.52. The van der Waals surface area contributed by atoms with E-state index >= 15 is 0 Å². The van der Waals surface area contributed by atoms with Gasteiger partial charge in [0, 0.05) is 13.2 Å². The Morgan fingerprint density at radius 1 is 1.45 bits per heavy atom. The van der Waals surface area contributed by atoms with Gasteiger partial charge in [0.2, 0.25) is 0 Å². The predicted molar refractivity (Wildman–Crippen MR) is 84.2 cm³/mol. The van der Waals surface area contributed by atoms with Crippen molar-refractivity contribution in [3.8, 4) is 0 Å². The Kier molecular flexibility index (Phi) is 4.34. The zero-order valence-corrected chi connectivity index (χ0v) is 13.0. The molecule has 0 bridgehead atoms. The van der Waals surface area contributed by atoms with E-state index in [2.05, 4.69) is 37.4 Å². The maximum absolute atomic E-state index is 5.75. The summed E-state index contributed by atoms with van der Waals surface area (Å²) in [4.78, 5) is 4.72. The van der Waals surface area contributed by atoms with Crippen LogP contribution in [0.25, 0.3) is 10.2 Å². The van der Waals surface area contributed by atoms with Gasteiger partial charge < -0.3 is 10.1 Å². The lowest BCUT2D eigenvalue weighted by Crippen LogP contribution is -2.30. The molecule has 1 aromatic carbocycles. The summed E-state index contributed by atoms with van der Waals surface area (Å²) in [6, 6.07) is 8.65. The molecule has 1 saturated heterocycles. The number of thiazole rings is 1. The molecule has 0 spiro atoms. The predicted octanol–water partition coefficient (Wildman–Crippen LogP) is 3.76. The number of nitrogens with zero attached hydrogens (tertiary/aromatic N) is 1. The second-order valence-corrected chi connectivity index (χ2v) is 6.58. The number of hydrogen-bond acceptors (Lipinski definition) is 4. The number of hydrogen-bond donors (Lipinski definition) is 1. The lowest BCUT2D eigenvalue weighted by atomic mass is 9.99. The highest BCUT2D eigenvalue weighted by Crippen LogP contribution is 2.27. The molecule has 0 amide bonds. The fourth-order valence-electron chi connectivity index (χ4n) is 2.87. The van der Waals surface area contributed by atoms with Crippen molar-refractivity contribution in [3.05, 3.63) is 29.3 Å². The number of para-hydroxylation sites is 1. The molecule has 0 radical (unpaired) electrons. The van der Waals surface area contributed by atoms with Crippen molar-refractivity contribution < 1.29 is 4.74 Å². The van der Waals surface area contributed by atoms with Crippen molar-refractivity contribution in [1.29, 1.82) is 0 Å². The van der Waals surface area contributed by atoms with Crippen LogP contribution in [-0.4, -0.2) is 24.2 Å². The third kappa shape index (κ3) is 2.87. The number of ether oxygens (including phenoxy) is 1. The Balaban J connectivity index is 1.62. The molecule has 0 saturated carbocycles. The van der Waals surface area contributed by atoms with Gasteiger partial charge in [-0.15, -0.1) is 11.3 Å². The minimum Gasteiger partial charge on any atom is -0.378 e. The Morgan fingerprint density at radius 3 is 3.10 bits per heavy atom. The van der Waals surface area contributed by atoms with Gasteiger partial charge >= 0.3 is 0 Å². The molecule has 1 N–H and O–H groups in total. The highest BCUT2D eigenvalue weighted by atomic mass is 32.1. The van der Waals surface area contributed by atoms with E-state index in [4.69, 9.17) is 9.72 Å². The Morgan fingerprint density at radius 2 is 2.30 bits per heavy atom. The summed E-state index contributed by atoms with van der Waals surface area (Å²) < 4.78 is 7.02. The maximum atomic E-state index is 5.75. The summed E-state index contributed by atoms with van der Waals surface area (Å²) in [6.07, 6.45) is 2.73. The Labute approximate surface area is 124 Å². The van der Waals surface area contributed by atoms with Crippen LogP contribution in [0, 0.1) is 5.92 Å². The van der Waals surface area contributed by atoms with Crippen LogP contribution in [0.15, 0.2) is 24.3 Å². The lowest BCUT2D eigenvalue weighted by Gasteiger charge is -2.19. The lowest BCUT2D eigenvalue weighted by molar-refractivity contribution is 0.0867. The molecular formula is C16H22N2OS. The van der Waals surface area contributed by atoms with Crippen molar-refractivity contribution >= 4 is 21.6 Å². The highest BCUT2D eigenvalue weighted by Gasteiger charge is 2.27. The van der Waals surface area contributed by atoms with E-state index in [1.54, 1.807) is 11.3 Å². The van der Waals surface area contributed by atoms with Gasteiger partial charge in [-0.25, -0.2) is 4.98 Å². The quantitative estimate of drug-likeness (QED) is 0.910. The molecule has 1 aliphatic heterocycles. The average molecular weight is 290 g/mol. The maximum Gasteiger partial charge on any atom is 0.111 e. The molecule has 3 rings (SSSR count). The first-order valence-corrected chi connectivity index (χ1v) is 8.30. The monoisotopic (exact) mass is 290 g/mol. The number of nitrogens with one attached hydrogen (secondary N) is 1. The molecule has 4 heteroatoms. The summed E-state index contributed by atoms with van der Waals surface area (Å²) in [5.41, 5.74) is 1.11. The zero-order chi connectivity index (χ0) is 13.9. The van der Waals surface area contributed by atoms with Gasteiger partial charge in [0.25, 0.3) is 0 Å². The SMILES string of the molecule is CCC1OCCC1CNC(C)c1nc2ccccc2s1. The Bertz CT molecular complexity index is 535. The van der Waals surface area contributed by atoms with Crippen LogP contribution in [0.1, 0.15) is 37.7 Å². The summed E-state index contributed by atoms with van der Waals surface area (Å²) >= 11 is 1.79. The van der Waals surface area contributed by atoms with Crippen LogP contribution >= 0.6 is 11.3 Å². The molecule has 20 heavy (non-hydrogen) atoms. The average Bonchev–Trinajstić information content (AvgIpc) is 3.10. The number of benzene rings is 1. The second kappa shape index (κ2) is 6.20. The summed E-state index contributed by atoms with van der Waals surface area (Å²) in [7, 11) is 0. The number of fused-ring (bicyclic) bond motifs is 1. The van der Waals surface area contributed by atoms with Crippen LogP contribution in [0.3, 0.4) is 0 Å². The molecule has 2 heterocycles. The van der Waals surface area contributed by atoms with E-state index in [1.807, 2.05) is 6.07 Å². The van der Waals surface area contributed by atoms with Gasteiger partial charge in [-0.05, 0) is 37.8 Å². The van der Waals surface area contributed by atoms with E-state index in [-0.39, 0.29) is 0 Å². The minimum absolute atomic E-state index is 0.311. The van der Waals surface area contributed by atoms with Crippen LogP contribution in [0.2, 0.25) is 0 Å². The van der Waals surface area contributed by atoms with Gasteiger partial charge in [-0.1, -0.05) is 19.1 Å². The smallest absolute Gasteiger partial charge is 0.111 e. The third-order valence-corrected chi connectivity index (χ3v) is 5.33. The van der Waals surface area contributed by atoms with E-state index in [0.29, 0.717) is 18.1 Å². The Hall–Kier alpha value is -0.970. The summed E-state index contributed by atoms with van der Waals surface area (Å²) in [5.74, 6) is 0.650. The van der Waals surface area contributed by atoms with Gasteiger partial charge in [0.05, 0.1) is 22.4 Å². The molecule has 3 unspecified atom stereocenters. The van der Waals surface area contributed by atoms with Gasteiger partial charge in [-0.2, -0.15) is 0 Å². The van der Waals surface area contributed by atoms with Crippen molar-refractivity contribution in [2.45, 2.75) is 38.8 Å². The molecule has 108 valence electrons. The molecule has 1 aromatic heterocycles. The molecule has 2 aromatic rings. The molecular weight excluding hydrogens is 268 g/mol. The zero-order valence-electron chi connectivity index (χ0n) is 12.1. The summed E-state index contributed by atoms with van der Waals surface area (Å²) in [6.45, 7) is 6.35. The fourth-order valence-corrected chi connectivity index (χ4v) is 3.86. The molecule has 1 fully saturated rings. The van der Waals surface area contributed by atoms with E-state index < -0.39 is 0 Å². The van der Waals surface area contributed by atoms with E-state index in [1.165, 1.54) is 16.1 Å². The van der Waals surface area contributed by atoms with Crippen LogP contribution in [0.4, 0.5) is 0 Å². The third-order valence-electron chi connectivity index (χ3n) is 4.12. The highest BCUT2D eigenvalue weighted by molar-refractivity contribution is 7.18. The number of aromatic nitrogens is 1. The van der Waals surface area contributed by atoms with Gasteiger partial charge in [0.15, 0.2) is 0 Å². The van der Waals surface area contributed by atoms with Crippen molar-refractivity contribution in [2.75, 3.05) is 13.2 Å². The van der Waals surface area contributed by atoms with Gasteiger partial charge in [-0.3, -0.25) is 0 Å². The van der Waals surface area contributed by atoms with Gasteiger partial charge in [0.1, 0.15) is 5.01 Å². The molecule has 3 atom stereocenters. The first-order chi connectivity index (χ1) is 9.78. The topological polar surface area (TPSA) is 34.1 Å². The van der Waals surface area contributed by atoms with Crippen molar-refractivity contribution in [2.24, 2.45) is 5.92 Å².